The first-order valence-electron chi connectivity index (χ1n) is 7.26. The Morgan fingerprint density at radius 1 is 1.17 bits per heavy atom. The van der Waals surface area contributed by atoms with Gasteiger partial charge in [-0.3, -0.25) is 14.5 Å². The summed E-state index contributed by atoms with van der Waals surface area (Å²) in [4.78, 5) is 25.9. The molecule has 0 fully saturated rings. The number of halogens is 2. The second-order valence-electron chi connectivity index (χ2n) is 6.54. The van der Waals surface area contributed by atoms with Gasteiger partial charge >= 0.3 is 0 Å². The molecule has 0 aliphatic carbocycles. The number of likely N-dealkylation sites (N-methyl/N-ethyl adjacent to an activating group) is 1. The summed E-state index contributed by atoms with van der Waals surface area (Å²) in [5, 5.41) is 6.49. The van der Waals surface area contributed by atoms with Crippen molar-refractivity contribution in [3.63, 3.8) is 0 Å². The molecule has 2 N–H and O–H groups in total. The summed E-state index contributed by atoms with van der Waals surface area (Å²) in [7, 11) is 1.72. The predicted molar refractivity (Wildman–Crippen MR) is 95.1 cm³/mol. The van der Waals surface area contributed by atoms with Crippen molar-refractivity contribution >= 4 is 40.7 Å². The van der Waals surface area contributed by atoms with Crippen LogP contribution in [0.15, 0.2) is 18.2 Å². The number of hydrogen-bond acceptors (Lipinski definition) is 3. The third-order valence-electron chi connectivity index (χ3n) is 3.08. The summed E-state index contributed by atoms with van der Waals surface area (Å²) >= 11 is 11.8. The van der Waals surface area contributed by atoms with Crippen LogP contribution in [0, 0.1) is 0 Å². The fraction of sp³-hybridized carbons (Fsp3) is 0.500. The summed E-state index contributed by atoms with van der Waals surface area (Å²) in [5.74, 6) is -0.375. The molecule has 0 unspecified atom stereocenters. The Morgan fingerprint density at radius 3 is 2.17 bits per heavy atom. The van der Waals surface area contributed by atoms with Crippen LogP contribution in [-0.4, -0.2) is 41.9 Å². The molecule has 0 aliphatic rings. The van der Waals surface area contributed by atoms with E-state index in [1.807, 2.05) is 20.8 Å². The maximum atomic E-state index is 12.3. The molecule has 1 rings (SSSR count). The topological polar surface area (TPSA) is 61.4 Å². The summed E-state index contributed by atoms with van der Waals surface area (Å²) in [6.07, 6.45) is 0. The maximum Gasteiger partial charge on any atom is 0.241 e. The molecule has 0 heterocycles. The standard InChI is InChI=1S/C16H23Cl2N3O2/c1-10(21(5)9-14(22)20-16(2,3)4)15(23)19-13-7-11(17)6-12(18)8-13/h6-8,10H,9H2,1-5H3,(H,19,23)(H,20,22)/t10-/m0/s1. The first-order chi connectivity index (χ1) is 10.5. The fourth-order valence-electron chi connectivity index (χ4n) is 1.89. The Labute approximate surface area is 147 Å². The highest BCUT2D eigenvalue weighted by atomic mass is 35.5. The van der Waals surface area contributed by atoms with Crippen LogP contribution in [-0.2, 0) is 9.59 Å². The van der Waals surface area contributed by atoms with Gasteiger partial charge in [0.15, 0.2) is 0 Å². The molecule has 0 spiro atoms. The molecule has 7 heteroatoms. The highest BCUT2D eigenvalue weighted by molar-refractivity contribution is 6.35. The van der Waals surface area contributed by atoms with E-state index in [9.17, 15) is 9.59 Å². The second-order valence-corrected chi connectivity index (χ2v) is 7.41. The van der Waals surface area contributed by atoms with Crippen molar-refractivity contribution in [1.82, 2.24) is 10.2 Å². The van der Waals surface area contributed by atoms with Crippen LogP contribution >= 0.6 is 23.2 Å². The Hall–Kier alpha value is -1.30. The average Bonchev–Trinajstić information content (AvgIpc) is 2.33. The monoisotopic (exact) mass is 359 g/mol. The molecule has 1 atom stereocenters. The number of carbonyl (C=O) groups excluding carboxylic acids is 2. The highest BCUT2D eigenvalue weighted by Crippen LogP contribution is 2.22. The third-order valence-corrected chi connectivity index (χ3v) is 3.51. The molecule has 0 saturated carbocycles. The molecule has 0 aliphatic heterocycles. The minimum Gasteiger partial charge on any atom is -0.350 e. The molecular formula is C16H23Cl2N3O2. The average molecular weight is 360 g/mol. The first-order valence-corrected chi connectivity index (χ1v) is 8.02. The van der Waals surface area contributed by atoms with Crippen LogP contribution in [0.1, 0.15) is 27.7 Å². The summed E-state index contributed by atoms with van der Waals surface area (Å²) in [6, 6.07) is 4.33. The third kappa shape index (κ3) is 7.20. The molecule has 1 aromatic rings. The van der Waals surface area contributed by atoms with Crippen molar-refractivity contribution in [1.29, 1.82) is 0 Å². The van der Waals surface area contributed by atoms with Gasteiger partial charge in [-0.25, -0.2) is 0 Å². The van der Waals surface area contributed by atoms with E-state index in [2.05, 4.69) is 10.6 Å². The molecular weight excluding hydrogens is 337 g/mol. The van der Waals surface area contributed by atoms with Crippen LogP contribution in [0.4, 0.5) is 5.69 Å². The van der Waals surface area contributed by atoms with E-state index < -0.39 is 6.04 Å². The summed E-state index contributed by atoms with van der Waals surface area (Å²) < 4.78 is 0. The van der Waals surface area contributed by atoms with Gasteiger partial charge in [-0.2, -0.15) is 0 Å². The number of anilines is 1. The highest BCUT2D eigenvalue weighted by Gasteiger charge is 2.22. The lowest BCUT2D eigenvalue weighted by atomic mass is 10.1. The van der Waals surface area contributed by atoms with Crippen LogP contribution in [0.25, 0.3) is 0 Å². The maximum absolute atomic E-state index is 12.3. The number of amides is 2. The van der Waals surface area contributed by atoms with E-state index in [4.69, 9.17) is 23.2 Å². The normalized spacial score (nSPS) is 12.9. The van der Waals surface area contributed by atoms with Crippen LogP contribution in [0.3, 0.4) is 0 Å². The molecule has 23 heavy (non-hydrogen) atoms. The van der Waals surface area contributed by atoms with Crippen molar-refractivity contribution in [2.45, 2.75) is 39.3 Å². The zero-order chi connectivity index (χ0) is 17.8. The molecule has 0 bridgehead atoms. The van der Waals surface area contributed by atoms with E-state index >= 15 is 0 Å². The Bertz CT molecular complexity index is 565. The van der Waals surface area contributed by atoms with Gasteiger partial charge < -0.3 is 10.6 Å². The van der Waals surface area contributed by atoms with Crippen molar-refractivity contribution in [2.75, 3.05) is 18.9 Å². The summed E-state index contributed by atoms with van der Waals surface area (Å²) in [5.41, 5.74) is 0.216. The minimum absolute atomic E-state index is 0.127. The molecule has 2 amide bonds. The van der Waals surface area contributed by atoms with Gasteiger partial charge in [0.05, 0.1) is 12.6 Å². The Morgan fingerprint density at radius 2 is 1.70 bits per heavy atom. The zero-order valence-electron chi connectivity index (χ0n) is 14.0. The van der Waals surface area contributed by atoms with Gasteiger partial charge in [0.2, 0.25) is 11.8 Å². The molecule has 0 saturated heterocycles. The minimum atomic E-state index is -0.488. The van der Waals surface area contributed by atoms with Gasteiger partial charge in [0, 0.05) is 21.3 Å². The SMILES string of the molecule is C[C@@H](C(=O)Nc1cc(Cl)cc(Cl)c1)N(C)CC(=O)NC(C)(C)C. The van der Waals surface area contributed by atoms with Gasteiger partial charge in [0.1, 0.15) is 0 Å². The van der Waals surface area contributed by atoms with E-state index in [1.54, 1.807) is 37.1 Å². The first kappa shape index (κ1) is 19.7. The fourth-order valence-corrected chi connectivity index (χ4v) is 2.42. The number of nitrogens with one attached hydrogen (secondary N) is 2. The lowest BCUT2D eigenvalue weighted by molar-refractivity contribution is -0.125. The molecule has 1 aromatic carbocycles. The predicted octanol–water partition coefficient (Wildman–Crippen LogP) is 3.17. The number of nitrogens with zero attached hydrogens (tertiary/aromatic N) is 1. The van der Waals surface area contributed by atoms with E-state index in [1.165, 1.54) is 0 Å². The van der Waals surface area contributed by atoms with E-state index in [0.29, 0.717) is 15.7 Å². The van der Waals surface area contributed by atoms with Gasteiger partial charge in [-0.05, 0) is 52.9 Å². The lowest BCUT2D eigenvalue weighted by Gasteiger charge is -2.26. The Kier molecular flexibility index (Phi) is 6.86. The quantitative estimate of drug-likeness (QED) is 0.848. The van der Waals surface area contributed by atoms with Crippen molar-refractivity contribution in [2.24, 2.45) is 0 Å². The van der Waals surface area contributed by atoms with Gasteiger partial charge in [-0.1, -0.05) is 23.2 Å². The zero-order valence-corrected chi connectivity index (χ0v) is 15.5. The van der Waals surface area contributed by atoms with Crippen LogP contribution < -0.4 is 10.6 Å². The summed E-state index contributed by atoms with van der Waals surface area (Å²) in [6.45, 7) is 7.58. The lowest BCUT2D eigenvalue weighted by Crippen LogP contribution is -2.49. The van der Waals surface area contributed by atoms with Gasteiger partial charge in [0.25, 0.3) is 0 Å². The van der Waals surface area contributed by atoms with Crippen molar-refractivity contribution < 1.29 is 9.59 Å². The number of hydrogen-bond donors (Lipinski definition) is 2. The van der Waals surface area contributed by atoms with Crippen molar-refractivity contribution in [3.05, 3.63) is 28.2 Å². The number of benzene rings is 1. The van der Waals surface area contributed by atoms with Gasteiger partial charge in [-0.15, -0.1) is 0 Å². The number of carbonyl (C=O) groups is 2. The van der Waals surface area contributed by atoms with Crippen LogP contribution in [0.5, 0.6) is 0 Å². The van der Waals surface area contributed by atoms with Crippen LogP contribution in [0.2, 0.25) is 10.0 Å². The molecule has 128 valence electrons. The molecule has 5 nitrogen and oxygen atoms in total. The molecule has 0 aromatic heterocycles. The van der Waals surface area contributed by atoms with Crippen molar-refractivity contribution in [3.8, 4) is 0 Å². The van der Waals surface area contributed by atoms with E-state index in [0.717, 1.165) is 0 Å². The molecule has 0 radical (unpaired) electrons. The van der Waals surface area contributed by atoms with E-state index in [-0.39, 0.29) is 23.9 Å². The largest absolute Gasteiger partial charge is 0.350 e. The second kappa shape index (κ2) is 7.99. The smallest absolute Gasteiger partial charge is 0.241 e. The Balaban J connectivity index is 2.63. The number of rotatable bonds is 5.